The van der Waals surface area contributed by atoms with Crippen LogP contribution < -0.4 is 0 Å². The molecule has 0 aliphatic carbocycles. The van der Waals surface area contributed by atoms with Gasteiger partial charge in [-0.05, 0) is 20.4 Å². The van der Waals surface area contributed by atoms with Gasteiger partial charge < -0.3 is 9.53 Å². The molecule has 1 aliphatic heterocycles. The van der Waals surface area contributed by atoms with Gasteiger partial charge in [0, 0.05) is 13.2 Å². The molecular weight excluding hydrogens is 142 g/mol. The van der Waals surface area contributed by atoms with Crippen LogP contribution in [0.1, 0.15) is 13.3 Å². The first-order valence-electron chi connectivity index (χ1n) is 4.05. The largest absolute Gasteiger partial charge is 0.377 e. The van der Waals surface area contributed by atoms with Crippen molar-refractivity contribution < 1.29 is 9.53 Å². The predicted octanol–water partition coefficient (Wildman–Crippen LogP) is 0.294. The Morgan fingerprint density at radius 3 is 2.91 bits per heavy atom. The fourth-order valence-corrected chi connectivity index (χ4v) is 1.50. The van der Waals surface area contributed by atoms with Gasteiger partial charge in [0.05, 0.1) is 12.1 Å². The molecule has 0 bridgehead atoms. The van der Waals surface area contributed by atoms with Crippen LogP contribution in [0.4, 0.5) is 0 Å². The maximum absolute atomic E-state index is 10.5. The minimum atomic E-state index is 0.0755. The maximum atomic E-state index is 10.5. The van der Waals surface area contributed by atoms with E-state index in [9.17, 15) is 4.79 Å². The molecule has 64 valence electrons. The summed E-state index contributed by atoms with van der Waals surface area (Å²) in [4.78, 5) is 12.5. The molecule has 1 fully saturated rings. The van der Waals surface area contributed by atoms with Gasteiger partial charge in [0.2, 0.25) is 0 Å². The lowest BCUT2D eigenvalue weighted by atomic mass is 10.2. The quantitative estimate of drug-likeness (QED) is 0.552. The molecule has 0 aromatic carbocycles. The molecule has 0 spiro atoms. The van der Waals surface area contributed by atoms with E-state index in [-0.39, 0.29) is 12.1 Å². The summed E-state index contributed by atoms with van der Waals surface area (Å²) in [5.41, 5.74) is 0. The number of carbonyl (C=O) groups excluding carboxylic acids is 1. The van der Waals surface area contributed by atoms with E-state index in [1.165, 1.54) is 0 Å². The van der Waals surface area contributed by atoms with Gasteiger partial charge in [-0.3, -0.25) is 4.90 Å². The van der Waals surface area contributed by atoms with E-state index in [1.54, 1.807) is 0 Å². The lowest BCUT2D eigenvalue weighted by Gasteiger charge is -2.11. The van der Waals surface area contributed by atoms with Crippen molar-refractivity contribution in [3.8, 4) is 0 Å². The summed E-state index contributed by atoms with van der Waals surface area (Å²) in [6.07, 6.45) is 2.12. The zero-order chi connectivity index (χ0) is 8.27. The van der Waals surface area contributed by atoms with Crippen LogP contribution in [-0.2, 0) is 9.53 Å². The normalized spacial score (nSPS) is 32.5. The average Bonchev–Trinajstić information content (AvgIpc) is 2.32. The van der Waals surface area contributed by atoms with Crippen molar-refractivity contribution in [1.82, 2.24) is 4.90 Å². The molecule has 0 N–H and O–H groups in total. The highest BCUT2D eigenvalue weighted by atomic mass is 16.5. The number of likely N-dealkylation sites (N-methyl/N-ethyl adjacent to an activating group) is 1. The maximum Gasteiger partial charge on any atom is 0.137 e. The molecule has 1 aliphatic rings. The zero-order valence-electron chi connectivity index (χ0n) is 7.12. The molecule has 1 heterocycles. The summed E-state index contributed by atoms with van der Waals surface area (Å²) in [6.45, 7) is 3.61. The van der Waals surface area contributed by atoms with E-state index in [0.29, 0.717) is 0 Å². The van der Waals surface area contributed by atoms with Gasteiger partial charge in [0.25, 0.3) is 0 Å². The Bertz CT molecular complexity index is 138. The van der Waals surface area contributed by atoms with Gasteiger partial charge >= 0.3 is 0 Å². The van der Waals surface area contributed by atoms with Crippen molar-refractivity contribution in [3.63, 3.8) is 0 Å². The van der Waals surface area contributed by atoms with Crippen LogP contribution in [0.3, 0.4) is 0 Å². The van der Waals surface area contributed by atoms with Gasteiger partial charge in [-0.25, -0.2) is 0 Å². The van der Waals surface area contributed by atoms with E-state index >= 15 is 0 Å². The number of hydrogen-bond donors (Lipinski definition) is 0. The molecule has 11 heavy (non-hydrogen) atoms. The SMILES string of the molecule is CCO[C@H]1C[C@@H](C=O)N(C)C1. The molecule has 0 unspecified atom stereocenters. The molecule has 3 heteroatoms. The Morgan fingerprint density at radius 1 is 1.73 bits per heavy atom. The molecule has 1 saturated heterocycles. The first-order chi connectivity index (χ1) is 5.27. The van der Waals surface area contributed by atoms with E-state index in [0.717, 1.165) is 25.9 Å². The van der Waals surface area contributed by atoms with Crippen LogP contribution in [-0.4, -0.2) is 43.5 Å². The van der Waals surface area contributed by atoms with E-state index < -0.39 is 0 Å². The summed E-state index contributed by atoms with van der Waals surface area (Å²) < 4.78 is 5.40. The molecule has 2 atom stereocenters. The Balaban J connectivity index is 2.36. The summed E-state index contributed by atoms with van der Waals surface area (Å²) >= 11 is 0. The summed E-state index contributed by atoms with van der Waals surface area (Å²) in [6, 6.07) is 0.0755. The van der Waals surface area contributed by atoms with Crippen LogP contribution in [0.5, 0.6) is 0 Å². The summed E-state index contributed by atoms with van der Waals surface area (Å²) in [5.74, 6) is 0. The first-order valence-corrected chi connectivity index (χ1v) is 4.05. The molecule has 3 nitrogen and oxygen atoms in total. The lowest BCUT2D eigenvalue weighted by molar-refractivity contribution is -0.111. The second-order valence-corrected chi connectivity index (χ2v) is 2.96. The van der Waals surface area contributed by atoms with Crippen LogP contribution in [0.25, 0.3) is 0 Å². The number of likely N-dealkylation sites (tertiary alicyclic amines) is 1. The second kappa shape index (κ2) is 3.83. The highest BCUT2D eigenvalue weighted by Gasteiger charge is 2.28. The average molecular weight is 157 g/mol. The molecule has 1 rings (SSSR count). The Labute approximate surface area is 67.3 Å². The van der Waals surface area contributed by atoms with Gasteiger partial charge in [0.15, 0.2) is 0 Å². The third-order valence-corrected chi connectivity index (χ3v) is 2.12. The molecule has 0 aromatic heterocycles. The van der Waals surface area contributed by atoms with Crippen LogP contribution in [0.15, 0.2) is 0 Å². The van der Waals surface area contributed by atoms with Crippen molar-refractivity contribution >= 4 is 6.29 Å². The zero-order valence-corrected chi connectivity index (χ0v) is 7.12. The van der Waals surface area contributed by atoms with Crippen molar-refractivity contribution in [1.29, 1.82) is 0 Å². The van der Waals surface area contributed by atoms with Crippen LogP contribution in [0.2, 0.25) is 0 Å². The van der Waals surface area contributed by atoms with Crippen molar-refractivity contribution in [2.24, 2.45) is 0 Å². The Morgan fingerprint density at radius 2 is 2.45 bits per heavy atom. The molecule has 0 radical (unpaired) electrons. The van der Waals surface area contributed by atoms with Crippen molar-refractivity contribution in [2.45, 2.75) is 25.5 Å². The van der Waals surface area contributed by atoms with E-state index in [1.807, 2.05) is 18.9 Å². The van der Waals surface area contributed by atoms with Gasteiger partial charge in [-0.15, -0.1) is 0 Å². The first kappa shape index (κ1) is 8.68. The summed E-state index contributed by atoms with van der Waals surface area (Å²) in [5, 5.41) is 0. The van der Waals surface area contributed by atoms with Gasteiger partial charge in [-0.2, -0.15) is 0 Å². The highest BCUT2D eigenvalue weighted by molar-refractivity contribution is 5.58. The smallest absolute Gasteiger partial charge is 0.137 e. The fourth-order valence-electron chi connectivity index (χ4n) is 1.50. The monoisotopic (exact) mass is 157 g/mol. The van der Waals surface area contributed by atoms with Crippen LogP contribution >= 0.6 is 0 Å². The number of ether oxygens (including phenoxy) is 1. The van der Waals surface area contributed by atoms with Crippen LogP contribution in [0, 0.1) is 0 Å². The summed E-state index contributed by atoms with van der Waals surface area (Å²) in [7, 11) is 1.96. The van der Waals surface area contributed by atoms with Crippen molar-refractivity contribution in [3.05, 3.63) is 0 Å². The second-order valence-electron chi connectivity index (χ2n) is 2.96. The number of rotatable bonds is 3. The number of hydrogen-bond acceptors (Lipinski definition) is 3. The fraction of sp³-hybridized carbons (Fsp3) is 0.875. The number of aldehydes is 1. The minimum absolute atomic E-state index is 0.0755. The Kier molecular flexibility index (Phi) is 3.02. The molecule has 0 saturated carbocycles. The highest BCUT2D eigenvalue weighted by Crippen LogP contribution is 2.16. The Hall–Kier alpha value is -0.410. The van der Waals surface area contributed by atoms with Gasteiger partial charge in [0.1, 0.15) is 6.29 Å². The standard InChI is InChI=1S/C8H15NO2/c1-3-11-8-4-7(6-10)9(2)5-8/h6-8H,3-5H2,1-2H3/t7-,8-/m0/s1. The predicted molar refractivity (Wildman–Crippen MR) is 42.5 cm³/mol. The number of nitrogens with zero attached hydrogens (tertiary/aromatic N) is 1. The van der Waals surface area contributed by atoms with Gasteiger partial charge in [-0.1, -0.05) is 0 Å². The molecule has 0 amide bonds. The molecular formula is C8H15NO2. The van der Waals surface area contributed by atoms with E-state index in [4.69, 9.17) is 4.74 Å². The van der Waals surface area contributed by atoms with Crippen molar-refractivity contribution in [2.75, 3.05) is 20.2 Å². The minimum Gasteiger partial charge on any atom is -0.377 e. The molecule has 0 aromatic rings. The number of carbonyl (C=O) groups is 1. The third-order valence-electron chi connectivity index (χ3n) is 2.12. The van der Waals surface area contributed by atoms with E-state index in [2.05, 4.69) is 0 Å². The lowest BCUT2D eigenvalue weighted by Crippen LogP contribution is -2.26. The topological polar surface area (TPSA) is 29.5 Å². The third kappa shape index (κ3) is 2.01.